The highest BCUT2D eigenvalue weighted by Gasteiger charge is 2.24. The maximum absolute atomic E-state index is 12.4. The van der Waals surface area contributed by atoms with Gasteiger partial charge in [-0.1, -0.05) is 11.6 Å². The molecule has 0 amide bonds. The minimum absolute atomic E-state index is 0.0344. The third kappa shape index (κ3) is 4.31. The van der Waals surface area contributed by atoms with Crippen molar-refractivity contribution in [3.63, 3.8) is 0 Å². The van der Waals surface area contributed by atoms with Crippen LogP contribution in [0.15, 0.2) is 28.5 Å². The molecule has 0 atom stereocenters. The lowest BCUT2D eigenvalue weighted by molar-refractivity contribution is -0.138. The smallest absolute Gasteiger partial charge is 0.343 e. The summed E-state index contributed by atoms with van der Waals surface area (Å²) in [5.74, 6) is -1.22. The molecule has 1 aromatic heterocycles. The zero-order chi connectivity index (χ0) is 15.3. The lowest BCUT2D eigenvalue weighted by atomic mass is 10.1. The van der Waals surface area contributed by atoms with E-state index in [0.29, 0.717) is 4.47 Å². The van der Waals surface area contributed by atoms with Crippen molar-refractivity contribution in [1.82, 2.24) is 9.88 Å². The number of hydrogen-bond donors (Lipinski definition) is 0. The molecular formula is C13H14BrClN2O3. The summed E-state index contributed by atoms with van der Waals surface area (Å²) >= 11 is 9.12. The van der Waals surface area contributed by atoms with E-state index in [2.05, 4.69) is 20.9 Å². The van der Waals surface area contributed by atoms with Crippen LogP contribution in [0.25, 0.3) is 0 Å². The molecule has 0 bridgehead atoms. The van der Waals surface area contributed by atoms with Gasteiger partial charge in [0.2, 0.25) is 5.78 Å². The molecule has 0 aliphatic heterocycles. The molecule has 0 saturated carbocycles. The standard InChI is InChI=1S/C13H14BrClN2O3/c1-4-20-13(19)10(7-17(2)3)11(18)9-5-8(14)6-16-12(9)15/h5-7H,4H2,1-3H3/b10-7-. The first-order chi connectivity index (χ1) is 9.36. The molecule has 20 heavy (non-hydrogen) atoms. The first kappa shape index (κ1) is 16.7. The van der Waals surface area contributed by atoms with E-state index < -0.39 is 11.8 Å². The van der Waals surface area contributed by atoms with Gasteiger partial charge in [-0.3, -0.25) is 4.79 Å². The second-order valence-corrected chi connectivity index (χ2v) is 5.32. The average Bonchev–Trinajstić information content (AvgIpc) is 2.38. The molecule has 7 heteroatoms. The third-order valence-corrected chi connectivity index (χ3v) is 2.91. The summed E-state index contributed by atoms with van der Waals surface area (Å²) in [6.45, 7) is 1.85. The second kappa shape index (κ2) is 7.40. The number of ether oxygens (including phenoxy) is 1. The van der Waals surface area contributed by atoms with Crippen LogP contribution in [0.3, 0.4) is 0 Å². The zero-order valence-electron chi connectivity index (χ0n) is 11.3. The number of pyridine rings is 1. The molecule has 1 rings (SSSR count). The van der Waals surface area contributed by atoms with Gasteiger partial charge in [0.1, 0.15) is 10.7 Å². The van der Waals surface area contributed by atoms with Crippen LogP contribution >= 0.6 is 27.5 Å². The number of halogens is 2. The monoisotopic (exact) mass is 360 g/mol. The van der Waals surface area contributed by atoms with E-state index in [1.165, 1.54) is 18.5 Å². The Morgan fingerprint density at radius 1 is 1.50 bits per heavy atom. The van der Waals surface area contributed by atoms with Gasteiger partial charge < -0.3 is 9.64 Å². The Hall–Kier alpha value is -1.40. The number of nitrogens with zero attached hydrogens (tertiary/aromatic N) is 2. The number of aromatic nitrogens is 1. The zero-order valence-corrected chi connectivity index (χ0v) is 13.7. The van der Waals surface area contributed by atoms with Crippen molar-refractivity contribution in [1.29, 1.82) is 0 Å². The largest absolute Gasteiger partial charge is 0.462 e. The number of esters is 1. The molecule has 1 heterocycles. The Bertz CT molecular complexity index is 559. The van der Waals surface area contributed by atoms with Gasteiger partial charge in [-0.25, -0.2) is 9.78 Å². The first-order valence-corrected chi connectivity index (χ1v) is 6.95. The van der Waals surface area contributed by atoms with Gasteiger partial charge in [0.15, 0.2) is 0 Å². The molecule has 0 spiro atoms. The fraction of sp³-hybridized carbons (Fsp3) is 0.308. The Morgan fingerprint density at radius 2 is 2.15 bits per heavy atom. The van der Waals surface area contributed by atoms with Crippen molar-refractivity contribution in [2.75, 3.05) is 20.7 Å². The highest BCUT2D eigenvalue weighted by molar-refractivity contribution is 9.10. The van der Waals surface area contributed by atoms with E-state index in [-0.39, 0.29) is 22.9 Å². The minimum Gasteiger partial charge on any atom is -0.462 e. The Labute approximate surface area is 130 Å². The molecule has 0 saturated heterocycles. The Balaban J connectivity index is 3.24. The summed E-state index contributed by atoms with van der Waals surface area (Å²) in [5, 5.41) is 0.0344. The summed E-state index contributed by atoms with van der Waals surface area (Å²) in [6.07, 6.45) is 2.87. The van der Waals surface area contributed by atoms with Crippen LogP contribution in [0.5, 0.6) is 0 Å². The van der Waals surface area contributed by atoms with Crippen LogP contribution in [-0.2, 0) is 9.53 Å². The number of carbonyl (C=O) groups excluding carboxylic acids is 2. The topological polar surface area (TPSA) is 59.5 Å². The molecule has 0 aromatic carbocycles. The van der Waals surface area contributed by atoms with Gasteiger partial charge >= 0.3 is 5.97 Å². The van der Waals surface area contributed by atoms with E-state index in [9.17, 15) is 9.59 Å². The predicted molar refractivity (Wildman–Crippen MR) is 79.7 cm³/mol. The molecule has 1 aromatic rings. The van der Waals surface area contributed by atoms with E-state index >= 15 is 0 Å². The first-order valence-electron chi connectivity index (χ1n) is 5.78. The molecule has 0 aliphatic carbocycles. The second-order valence-electron chi connectivity index (χ2n) is 4.05. The van der Waals surface area contributed by atoms with Crippen LogP contribution in [0.2, 0.25) is 5.15 Å². The number of Topliss-reactive ketones (excluding diaryl/α,β-unsaturated/α-hetero) is 1. The van der Waals surface area contributed by atoms with Crippen LogP contribution in [0.4, 0.5) is 0 Å². The normalized spacial score (nSPS) is 11.2. The van der Waals surface area contributed by atoms with E-state index in [1.54, 1.807) is 25.9 Å². The number of rotatable bonds is 5. The highest BCUT2D eigenvalue weighted by Crippen LogP contribution is 2.21. The fourth-order valence-electron chi connectivity index (χ4n) is 1.40. The van der Waals surface area contributed by atoms with E-state index in [0.717, 1.165) is 0 Å². The highest BCUT2D eigenvalue weighted by atomic mass is 79.9. The van der Waals surface area contributed by atoms with Crippen molar-refractivity contribution in [3.05, 3.63) is 39.2 Å². The molecule has 5 nitrogen and oxygen atoms in total. The molecule has 0 fully saturated rings. The molecule has 0 radical (unpaired) electrons. The van der Waals surface area contributed by atoms with Gasteiger partial charge in [0, 0.05) is 31.0 Å². The quantitative estimate of drug-likeness (QED) is 0.201. The SMILES string of the molecule is CCOC(=O)/C(=C\N(C)C)C(=O)c1cc(Br)cnc1Cl. The lowest BCUT2D eigenvalue weighted by Crippen LogP contribution is -2.20. The number of carbonyl (C=O) groups is 2. The van der Waals surface area contributed by atoms with Crippen LogP contribution in [0.1, 0.15) is 17.3 Å². The van der Waals surface area contributed by atoms with Gasteiger partial charge in [0.05, 0.1) is 12.2 Å². The summed E-state index contributed by atoms with van der Waals surface area (Å²) in [7, 11) is 3.40. The van der Waals surface area contributed by atoms with Crippen LogP contribution < -0.4 is 0 Å². The molecular weight excluding hydrogens is 348 g/mol. The maximum Gasteiger partial charge on any atom is 0.343 e. The molecule has 0 aliphatic rings. The Morgan fingerprint density at radius 3 is 2.70 bits per heavy atom. The summed E-state index contributed by atoms with van der Waals surface area (Å²) in [4.78, 5) is 29.8. The summed E-state index contributed by atoms with van der Waals surface area (Å²) < 4.78 is 5.48. The minimum atomic E-state index is -0.692. The summed E-state index contributed by atoms with van der Waals surface area (Å²) in [5.41, 5.74) is 0.0424. The fourth-order valence-corrected chi connectivity index (χ4v) is 1.92. The molecule has 0 N–H and O–H groups in total. The van der Waals surface area contributed by atoms with Gasteiger partial charge in [-0.15, -0.1) is 0 Å². The van der Waals surface area contributed by atoms with Crippen molar-refractivity contribution in [2.45, 2.75) is 6.92 Å². The predicted octanol–water partition coefficient (Wildman–Crippen LogP) is 2.69. The summed E-state index contributed by atoms with van der Waals surface area (Å²) in [6, 6.07) is 1.51. The Kier molecular flexibility index (Phi) is 6.16. The van der Waals surface area contributed by atoms with Crippen molar-refractivity contribution < 1.29 is 14.3 Å². The van der Waals surface area contributed by atoms with Crippen LogP contribution in [-0.4, -0.2) is 42.3 Å². The lowest BCUT2D eigenvalue weighted by Gasteiger charge is -2.11. The van der Waals surface area contributed by atoms with Crippen molar-refractivity contribution in [2.24, 2.45) is 0 Å². The van der Waals surface area contributed by atoms with Crippen molar-refractivity contribution in [3.8, 4) is 0 Å². The van der Waals surface area contributed by atoms with E-state index in [4.69, 9.17) is 16.3 Å². The average molecular weight is 362 g/mol. The van der Waals surface area contributed by atoms with Crippen molar-refractivity contribution >= 4 is 39.3 Å². The van der Waals surface area contributed by atoms with Gasteiger partial charge in [-0.05, 0) is 28.9 Å². The number of hydrogen-bond acceptors (Lipinski definition) is 5. The third-order valence-electron chi connectivity index (χ3n) is 2.18. The molecule has 0 unspecified atom stereocenters. The maximum atomic E-state index is 12.4. The van der Waals surface area contributed by atoms with Gasteiger partial charge in [-0.2, -0.15) is 0 Å². The molecule has 108 valence electrons. The van der Waals surface area contributed by atoms with E-state index in [1.807, 2.05) is 0 Å². The number of ketones is 1. The van der Waals surface area contributed by atoms with Gasteiger partial charge in [0.25, 0.3) is 0 Å². The van der Waals surface area contributed by atoms with Crippen LogP contribution in [0, 0.1) is 0 Å².